The van der Waals surface area contributed by atoms with Crippen LogP contribution in [0.5, 0.6) is 0 Å². The van der Waals surface area contributed by atoms with Gasteiger partial charge in [-0.25, -0.2) is 4.98 Å². The van der Waals surface area contributed by atoms with E-state index in [0.717, 1.165) is 22.1 Å². The number of rotatable bonds is 3. The van der Waals surface area contributed by atoms with Crippen molar-refractivity contribution in [1.82, 2.24) is 9.55 Å². The molecule has 17 heavy (non-hydrogen) atoms. The quantitative estimate of drug-likeness (QED) is 0.902. The fraction of sp³-hybridized carbons (Fsp3) is 0.308. The summed E-state index contributed by atoms with van der Waals surface area (Å²) in [5, 5.41) is 4.11. The highest BCUT2D eigenvalue weighted by Gasteiger charge is 2.11. The molecule has 0 aliphatic heterocycles. The molecule has 1 N–H and O–H groups in total. The predicted octanol–water partition coefficient (Wildman–Crippen LogP) is 3.56. The number of aryl methyl sites for hydroxylation is 2. The van der Waals surface area contributed by atoms with Crippen LogP contribution in [0, 0.1) is 6.92 Å². The molecule has 0 bridgehead atoms. The van der Waals surface area contributed by atoms with Gasteiger partial charge in [0.1, 0.15) is 5.82 Å². The highest BCUT2D eigenvalue weighted by atomic mass is 35.5. The molecule has 90 valence electrons. The number of nitrogens with zero attached hydrogens (tertiary/aromatic N) is 2. The van der Waals surface area contributed by atoms with E-state index in [4.69, 9.17) is 11.6 Å². The molecule has 0 radical (unpaired) electrons. The van der Waals surface area contributed by atoms with Gasteiger partial charge in [-0.15, -0.1) is 0 Å². The molecule has 3 nitrogen and oxygen atoms in total. The molecule has 0 spiro atoms. The van der Waals surface area contributed by atoms with Crippen LogP contribution in [0.15, 0.2) is 30.6 Å². The third-order valence-electron chi connectivity index (χ3n) is 2.74. The topological polar surface area (TPSA) is 29.9 Å². The molecular weight excluding hydrogens is 234 g/mol. The van der Waals surface area contributed by atoms with Gasteiger partial charge in [0, 0.05) is 19.4 Å². The molecule has 4 heteroatoms. The summed E-state index contributed by atoms with van der Waals surface area (Å²) < 4.78 is 2.00. The van der Waals surface area contributed by atoms with E-state index in [1.807, 2.05) is 42.9 Å². The van der Waals surface area contributed by atoms with E-state index < -0.39 is 0 Å². The highest BCUT2D eigenvalue weighted by molar-refractivity contribution is 6.33. The molecule has 0 aliphatic rings. The van der Waals surface area contributed by atoms with Crippen molar-refractivity contribution in [3.05, 3.63) is 47.0 Å². The van der Waals surface area contributed by atoms with Gasteiger partial charge in [0.15, 0.2) is 0 Å². The first kappa shape index (κ1) is 12.0. The lowest BCUT2D eigenvalue weighted by atomic mass is 10.2. The van der Waals surface area contributed by atoms with Crippen molar-refractivity contribution in [3.63, 3.8) is 0 Å². The van der Waals surface area contributed by atoms with Crippen LogP contribution in [0.1, 0.15) is 24.4 Å². The van der Waals surface area contributed by atoms with E-state index in [-0.39, 0.29) is 6.04 Å². The molecule has 1 aromatic carbocycles. The smallest absolute Gasteiger partial charge is 0.130 e. The Labute approximate surface area is 106 Å². The number of benzene rings is 1. The van der Waals surface area contributed by atoms with Crippen molar-refractivity contribution in [2.75, 3.05) is 5.32 Å². The summed E-state index contributed by atoms with van der Waals surface area (Å²) in [5.74, 6) is 0.988. The fourth-order valence-electron chi connectivity index (χ4n) is 1.83. The maximum absolute atomic E-state index is 6.19. The number of imidazole rings is 1. The van der Waals surface area contributed by atoms with Crippen molar-refractivity contribution in [2.24, 2.45) is 7.05 Å². The van der Waals surface area contributed by atoms with Gasteiger partial charge in [-0.3, -0.25) is 0 Å². The van der Waals surface area contributed by atoms with Crippen LogP contribution in [-0.4, -0.2) is 9.55 Å². The lowest BCUT2D eigenvalue weighted by Gasteiger charge is -2.16. The SMILES string of the molecule is Cc1ccc(NC(C)c2nccn2C)c(Cl)c1. The molecule has 1 atom stereocenters. The van der Waals surface area contributed by atoms with Crippen molar-refractivity contribution < 1.29 is 0 Å². The van der Waals surface area contributed by atoms with Crippen LogP contribution in [-0.2, 0) is 7.05 Å². The predicted molar refractivity (Wildman–Crippen MR) is 71.4 cm³/mol. The summed E-state index contributed by atoms with van der Waals surface area (Å²) in [5.41, 5.74) is 2.10. The van der Waals surface area contributed by atoms with Crippen LogP contribution in [0.3, 0.4) is 0 Å². The monoisotopic (exact) mass is 249 g/mol. The molecule has 0 fully saturated rings. The second-order valence-corrected chi connectivity index (χ2v) is 4.65. The Hall–Kier alpha value is -1.48. The standard InChI is InChI=1S/C13H16ClN3/c1-9-4-5-12(11(14)8-9)16-10(2)13-15-6-7-17(13)3/h4-8,10,16H,1-3H3. The normalized spacial score (nSPS) is 12.5. The van der Waals surface area contributed by atoms with Gasteiger partial charge in [0.25, 0.3) is 0 Å². The van der Waals surface area contributed by atoms with Crippen LogP contribution in [0.2, 0.25) is 5.02 Å². The number of anilines is 1. The van der Waals surface area contributed by atoms with E-state index in [2.05, 4.69) is 17.2 Å². The summed E-state index contributed by atoms with van der Waals surface area (Å²) >= 11 is 6.19. The zero-order valence-corrected chi connectivity index (χ0v) is 11.0. The Morgan fingerprint density at radius 2 is 2.18 bits per heavy atom. The Balaban J connectivity index is 2.19. The number of hydrogen-bond acceptors (Lipinski definition) is 2. The van der Waals surface area contributed by atoms with Gasteiger partial charge < -0.3 is 9.88 Å². The average molecular weight is 250 g/mol. The number of nitrogens with one attached hydrogen (secondary N) is 1. The van der Waals surface area contributed by atoms with Gasteiger partial charge in [-0.1, -0.05) is 17.7 Å². The Morgan fingerprint density at radius 1 is 1.41 bits per heavy atom. The minimum Gasteiger partial charge on any atom is -0.374 e. The van der Waals surface area contributed by atoms with Crippen molar-refractivity contribution in [3.8, 4) is 0 Å². The first-order valence-electron chi connectivity index (χ1n) is 5.58. The third kappa shape index (κ3) is 2.61. The molecule has 1 heterocycles. The number of aromatic nitrogens is 2. The number of halogens is 1. The minimum atomic E-state index is 0.121. The maximum atomic E-state index is 6.19. The molecule has 1 unspecified atom stereocenters. The van der Waals surface area contributed by atoms with Crippen LogP contribution in [0.25, 0.3) is 0 Å². The van der Waals surface area contributed by atoms with Gasteiger partial charge in [0.05, 0.1) is 16.8 Å². The zero-order chi connectivity index (χ0) is 12.4. The first-order chi connectivity index (χ1) is 8.08. The van der Waals surface area contributed by atoms with Gasteiger partial charge in [0.2, 0.25) is 0 Å². The second kappa shape index (κ2) is 4.80. The molecule has 0 saturated carbocycles. The van der Waals surface area contributed by atoms with Crippen molar-refractivity contribution >= 4 is 17.3 Å². The molecule has 0 saturated heterocycles. The Bertz CT molecular complexity index is 519. The van der Waals surface area contributed by atoms with Crippen LogP contribution >= 0.6 is 11.6 Å². The molecule has 2 aromatic rings. The largest absolute Gasteiger partial charge is 0.374 e. The molecular formula is C13H16ClN3. The summed E-state index contributed by atoms with van der Waals surface area (Å²) in [7, 11) is 1.98. The third-order valence-corrected chi connectivity index (χ3v) is 3.06. The second-order valence-electron chi connectivity index (χ2n) is 4.25. The first-order valence-corrected chi connectivity index (χ1v) is 5.95. The van der Waals surface area contributed by atoms with E-state index in [1.54, 1.807) is 6.20 Å². The van der Waals surface area contributed by atoms with Crippen LogP contribution < -0.4 is 5.32 Å². The maximum Gasteiger partial charge on any atom is 0.130 e. The van der Waals surface area contributed by atoms with E-state index in [0.29, 0.717) is 0 Å². The van der Waals surface area contributed by atoms with Crippen LogP contribution in [0.4, 0.5) is 5.69 Å². The lowest BCUT2D eigenvalue weighted by Crippen LogP contribution is -2.12. The summed E-state index contributed by atoms with van der Waals surface area (Å²) in [6.45, 7) is 4.09. The minimum absolute atomic E-state index is 0.121. The Kier molecular flexibility index (Phi) is 3.38. The summed E-state index contributed by atoms with van der Waals surface area (Å²) in [4.78, 5) is 4.32. The van der Waals surface area contributed by atoms with Gasteiger partial charge >= 0.3 is 0 Å². The molecule has 1 aromatic heterocycles. The fourth-order valence-corrected chi connectivity index (χ4v) is 2.12. The summed E-state index contributed by atoms with van der Waals surface area (Å²) in [6, 6.07) is 6.11. The molecule has 2 rings (SSSR count). The lowest BCUT2D eigenvalue weighted by molar-refractivity contribution is 0.722. The Morgan fingerprint density at radius 3 is 2.76 bits per heavy atom. The van der Waals surface area contributed by atoms with E-state index in [9.17, 15) is 0 Å². The van der Waals surface area contributed by atoms with Crippen molar-refractivity contribution in [1.29, 1.82) is 0 Å². The molecule has 0 aliphatic carbocycles. The zero-order valence-electron chi connectivity index (χ0n) is 10.2. The number of hydrogen-bond donors (Lipinski definition) is 1. The van der Waals surface area contributed by atoms with E-state index >= 15 is 0 Å². The van der Waals surface area contributed by atoms with Gasteiger partial charge in [-0.05, 0) is 31.5 Å². The summed E-state index contributed by atoms with van der Waals surface area (Å²) in [6.07, 6.45) is 3.73. The average Bonchev–Trinajstić information content (AvgIpc) is 2.68. The highest BCUT2D eigenvalue weighted by Crippen LogP contribution is 2.26. The van der Waals surface area contributed by atoms with Gasteiger partial charge in [-0.2, -0.15) is 0 Å². The van der Waals surface area contributed by atoms with E-state index in [1.165, 1.54) is 0 Å². The van der Waals surface area contributed by atoms with Crippen molar-refractivity contribution in [2.45, 2.75) is 19.9 Å². The molecule has 0 amide bonds.